The summed E-state index contributed by atoms with van der Waals surface area (Å²) in [5.41, 5.74) is 3.03. The van der Waals surface area contributed by atoms with E-state index >= 15 is 0 Å². The molecule has 1 amide bonds. The molecule has 3 rings (SSSR count). The number of nitrogens with one attached hydrogen (secondary N) is 2. The van der Waals surface area contributed by atoms with Gasteiger partial charge in [0.2, 0.25) is 15.9 Å². The molecule has 1 aliphatic rings. The number of nitrogens with zero attached hydrogens (tertiary/aromatic N) is 1. The van der Waals surface area contributed by atoms with Gasteiger partial charge in [0.15, 0.2) is 0 Å². The maximum absolute atomic E-state index is 12.4. The number of sulfonamides is 1. The fraction of sp³-hybridized carbons (Fsp3) is 0.409. The lowest BCUT2D eigenvalue weighted by atomic mass is 10.0. The van der Waals surface area contributed by atoms with Crippen molar-refractivity contribution in [3.63, 3.8) is 0 Å². The van der Waals surface area contributed by atoms with Crippen LogP contribution in [0.2, 0.25) is 0 Å². The predicted octanol–water partition coefficient (Wildman–Crippen LogP) is 3.61. The lowest BCUT2D eigenvalue weighted by Gasteiger charge is -2.33. The van der Waals surface area contributed by atoms with Crippen molar-refractivity contribution in [2.45, 2.75) is 45.2 Å². The molecule has 2 aromatic carbocycles. The van der Waals surface area contributed by atoms with E-state index in [1.807, 2.05) is 12.1 Å². The van der Waals surface area contributed by atoms with Gasteiger partial charge in [-0.2, -0.15) is 0 Å². The summed E-state index contributed by atoms with van der Waals surface area (Å²) in [7, 11) is -3.40. The van der Waals surface area contributed by atoms with Crippen molar-refractivity contribution in [2.75, 3.05) is 22.8 Å². The minimum Gasteiger partial charge on any atom is -0.326 e. The zero-order valence-electron chi connectivity index (χ0n) is 17.0. The van der Waals surface area contributed by atoms with Crippen molar-refractivity contribution in [1.29, 1.82) is 0 Å². The Kier molecular flexibility index (Phi) is 6.92. The van der Waals surface area contributed by atoms with E-state index in [1.165, 1.54) is 24.8 Å². The van der Waals surface area contributed by atoms with Crippen LogP contribution in [-0.4, -0.2) is 38.1 Å². The molecule has 0 aliphatic carbocycles. The van der Waals surface area contributed by atoms with E-state index in [2.05, 4.69) is 34.0 Å². The first kappa shape index (κ1) is 21.3. The fourth-order valence-corrected chi connectivity index (χ4v) is 4.27. The number of hydrogen-bond acceptors (Lipinski definition) is 4. The van der Waals surface area contributed by atoms with Gasteiger partial charge in [0.1, 0.15) is 0 Å². The van der Waals surface area contributed by atoms with Gasteiger partial charge in [-0.1, -0.05) is 36.8 Å². The average molecular weight is 416 g/mol. The second-order valence-corrected chi connectivity index (χ2v) is 9.52. The van der Waals surface area contributed by atoms with Crippen LogP contribution in [0.5, 0.6) is 0 Å². The van der Waals surface area contributed by atoms with Gasteiger partial charge in [0.05, 0.1) is 18.4 Å². The fourth-order valence-electron chi connectivity index (χ4n) is 3.67. The van der Waals surface area contributed by atoms with Crippen molar-refractivity contribution >= 4 is 27.3 Å². The number of para-hydroxylation sites is 1. The van der Waals surface area contributed by atoms with Gasteiger partial charge in [0, 0.05) is 18.3 Å². The normalized spacial score (nSPS) is 17.7. The molecule has 1 unspecified atom stereocenters. The quantitative estimate of drug-likeness (QED) is 0.724. The maximum atomic E-state index is 12.4. The third kappa shape index (κ3) is 6.58. The molecule has 0 radical (unpaired) electrons. The molecule has 156 valence electrons. The number of hydrogen-bond donors (Lipinski definition) is 2. The Bertz CT molecular complexity index is 942. The highest BCUT2D eigenvalue weighted by Crippen LogP contribution is 2.21. The van der Waals surface area contributed by atoms with Crippen molar-refractivity contribution in [1.82, 2.24) is 4.90 Å². The van der Waals surface area contributed by atoms with Crippen LogP contribution in [0.4, 0.5) is 11.4 Å². The standard InChI is InChI=1S/C22H29N3O3S/c1-17-7-5-6-14-25(17)16-18-10-12-20(13-11-18)23-22(26)15-19-8-3-4-9-21(19)24-29(2,27)28/h3-4,8-13,17,24H,5-7,14-16H2,1-2H3,(H,23,26). The van der Waals surface area contributed by atoms with E-state index in [-0.39, 0.29) is 12.3 Å². The van der Waals surface area contributed by atoms with Crippen LogP contribution >= 0.6 is 0 Å². The second kappa shape index (κ2) is 9.41. The van der Waals surface area contributed by atoms with E-state index in [9.17, 15) is 13.2 Å². The van der Waals surface area contributed by atoms with Crippen LogP contribution in [0.3, 0.4) is 0 Å². The highest BCUT2D eigenvalue weighted by Gasteiger charge is 2.18. The van der Waals surface area contributed by atoms with Crippen LogP contribution in [0.25, 0.3) is 0 Å². The summed E-state index contributed by atoms with van der Waals surface area (Å²) in [6, 6.07) is 15.5. The first-order chi connectivity index (χ1) is 13.8. The summed E-state index contributed by atoms with van der Waals surface area (Å²) in [6.07, 6.45) is 5.01. The summed E-state index contributed by atoms with van der Waals surface area (Å²) in [5, 5.41) is 2.89. The number of amides is 1. The Morgan fingerprint density at radius 1 is 1.10 bits per heavy atom. The molecule has 0 spiro atoms. The number of piperidine rings is 1. The van der Waals surface area contributed by atoms with Crippen molar-refractivity contribution in [3.05, 3.63) is 59.7 Å². The molecule has 0 aromatic heterocycles. The molecular formula is C22H29N3O3S. The summed E-state index contributed by atoms with van der Waals surface area (Å²) in [5.74, 6) is -0.190. The molecule has 1 saturated heterocycles. The monoisotopic (exact) mass is 415 g/mol. The second-order valence-electron chi connectivity index (χ2n) is 7.77. The number of carbonyl (C=O) groups is 1. The summed E-state index contributed by atoms with van der Waals surface area (Å²) >= 11 is 0. The molecule has 2 N–H and O–H groups in total. The molecule has 29 heavy (non-hydrogen) atoms. The molecular weight excluding hydrogens is 386 g/mol. The zero-order chi connectivity index (χ0) is 20.9. The lowest BCUT2D eigenvalue weighted by Crippen LogP contribution is -2.36. The molecule has 1 aliphatic heterocycles. The van der Waals surface area contributed by atoms with E-state index in [0.717, 1.165) is 25.0 Å². The third-order valence-electron chi connectivity index (χ3n) is 5.23. The van der Waals surface area contributed by atoms with Gasteiger partial charge >= 0.3 is 0 Å². The Balaban J connectivity index is 1.59. The van der Waals surface area contributed by atoms with E-state index < -0.39 is 10.0 Å². The summed E-state index contributed by atoms with van der Waals surface area (Å²) in [6.45, 7) is 4.35. The molecule has 1 atom stereocenters. The van der Waals surface area contributed by atoms with E-state index in [4.69, 9.17) is 0 Å². The van der Waals surface area contributed by atoms with Crippen LogP contribution in [-0.2, 0) is 27.8 Å². The van der Waals surface area contributed by atoms with Crippen LogP contribution in [0, 0.1) is 0 Å². The van der Waals surface area contributed by atoms with E-state index in [1.54, 1.807) is 24.3 Å². The number of likely N-dealkylation sites (tertiary alicyclic amines) is 1. The molecule has 6 nitrogen and oxygen atoms in total. The molecule has 1 fully saturated rings. The van der Waals surface area contributed by atoms with Gasteiger partial charge in [-0.3, -0.25) is 14.4 Å². The Morgan fingerprint density at radius 2 is 1.83 bits per heavy atom. The smallest absolute Gasteiger partial charge is 0.229 e. The average Bonchev–Trinajstić information content (AvgIpc) is 2.65. The number of rotatable bonds is 7. The minimum atomic E-state index is -3.40. The van der Waals surface area contributed by atoms with Crippen LogP contribution in [0.15, 0.2) is 48.5 Å². The van der Waals surface area contributed by atoms with Gasteiger partial charge in [-0.25, -0.2) is 8.42 Å². The predicted molar refractivity (Wildman–Crippen MR) is 117 cm³/mol. The molecule has 0 bridgehead atoms. The van der Waals surface area contributed by atoms with Gasteiger partial charge in [-0.15, -0.1) is 0 Å². The number of benzene rings is 2. The van der Waals surface area contributed by atoms with Crippen molar-refractivity contribution in [3.8, 4) is 0 Å². The van der Waals surface area contributed by atoms with E-state index in [0.29, 0.717) is 17.3 Å². The highest BCUT2D eigenvalue weighted by atomic mass is 32.2. The topological polar surface area (TPSA) is 78.5 Å². The lowest BCUT2D eigenvalue weighted by molar-refractivity contribution is -0.115. The molecule has 2 aromatic rings. The van der Waals surface area contributed by atoms with Gasteiger partial charge < -0.3 is 5.32 Å². The van der Waals surface area contributed by atoms with Crippen LogP contribution < -0.4 is 10.0 Å². The first-order valence-corrected chi connectivity index (χ1v) is 11.9. The largest absolute Gasteiger partial charge is 0.326 e. The maximum Gasteiger partial charge on any atom is 0.229 e. The number of carbonyl (C=O) groups excluding carboxylic acids is 1. The molecule has 1 heterocycles. The van der Waals surface area contributed by atoms with Gasteiger partial charge in [-0.05, 0) is 55.6 Å². The summed E-state index contributed by atoms with van der Waals surface area (Å²) < 4.78 is 25.5. The Labute approximate surface area is 173 Å². The van der Waals surface area contributed by atoms with Crippen molar-refractivity contribution in [2.24, 2.45) is 0 Å². The molecule has 7 heteroatoms. The summed E-state index contributed by atoms with van der Waals surface area (Å²) in [4.78, 5) is 15.0. The highest BCUT2D eigenvalue weighted by molar-refractivity contribution is 7.92. The third-order valence-corrected chi connectivity index (χ3v) is 5.82. The first-order valence-electron chi connectivity index (χ1n) is 9.99. The van der Waals surface area contributed by atoms with Crippen molar-refractivity contribution < 1.29 is 13.2 Å². The Hall–Kier alpha value is -2.38. The van der Waals surface area contributed by atoms with Gasteiger partial charge in [0.25, 0.3) is 0 Å². The SMILES string of the molecule is CC1CCCCN1Cc1ccc(NC(=O)Cc2ccccc2NS(C)(=O)=O)cc1. The zero-order valence-corrected chi connectivity index (χ0v) is 17.8. The minimum absolute atomic E-state index is 0.0890. The Morgan fingerprint density at radius 3 is 2.52 bits per heavy atom. The number of anilines is 2. The molecule has 0 saturated carbocycles. The van der Waals surface area contributed by atoms with Crippen LogP contribution in [0.1, 0.15) is 37.3 Å².